The van der Waals surface area contributed by atoms with E-state index in [1.807, 2.05) is 38.2 Å². The maximum atomic E-state index is 12.5. The summed E-state index contributed by atoms with van der Waals surface area (Å²) < 4.78 is 17.9. The molecule has 0 fully saturated rings. The average molecular weight is 500 g/mol. The van der Waals surface area contributed by atoms with Crippen LogP contribution in [0.1, 0.15) is 27.7 Å². The van der Waals surface area contributed by atoms with Crippen molar-refractivity contribution in [3.8, 4) is 0 Å². The molecule has 6 atom stereocenters. The van der Waals surface area contributed by atoms with Crippen LogP contribution in [0.2, 0.25) is 0 Å². The van der Waals surface area contributed by atoms with E-state index >= 15 is 0 Å². The van der Waals surface area contributed by atoms with Gasteiger partial charge in [-0.2, -0.15) is 0 Å². The van der Waals surface area contributed by atoms with Gasteiger partial charge < -0.3 is 9.79 Å². The lowest BCUT2D eigenvalue weighted by molar-refractivity contribution is -0.183. The first-order valence-electron chi connectivity index (χ1n) is 10.7. The number of allylic oxidation sites excluding steroid dienone is 6. The number of hydrogen-bond donors (Lipinski definition) is 0. The minimum absolute atomic E-state index is 0.109. The lowest BCUT2D eigenvalue weighted by atomic mass is 9.75. The number of carbonyl (C=O) groups excluding carboxylic acids is 2. The monoisotopic (exact) mass is 500 g/mol. The first-order chi connectivity index (χ1) is 16.0. The second-order valence-electron chi connectivity index (χ2n) is 8.58. The largest absolute Gasteiger partial charge is 0.575 e. The highest BCUT2D eigenvalue weighted by Crippen LogP contribution is 2.39. The van der Waals surface area contributed by atoms with Gasteiger partial charge in [-0.3, -0.25) is 0 Å². The highest BCUT2D eigenvalue weighted by atomic mass is 31.1. The SMILES string of the molecule is CC1C=CC=CC1(C)C(=O)O[P+]([O-])=Nc1ccc(N=[P+]([O-])OC(=O)C2(C)C=CC=CC2C)cc1. The number of benzene rings is 1. The van der Waals surface area contributed by atoms with Crippen molar-refractivity contribution in [3.05, 3.63) is 72.9 Å². The first-order valence-corrected chi connectivity index (χ1v) is 13.0. The summed E-state index contributed by atoms with van der Waals surface area (Å²) in [6.07, 6.45) is 14.4. The fraction of sp³-hybridized carbons (Fsp3) is 0.333. The van der Waals surface area contributed by atoms with Crippen molar-refractivity contribution in [2.75, 3.05) is 0 Å². The quantitative estimate of drug-likeness (QED) is 0.490. The average Bonchev–Trinajstić information content (AvgIpc) is 2.79. The van der Waals surface area contributed by atoms with Crippen molar-refractivity contribution in [2.45, 2.75) is 27.7 Å². The summed E-state index contributed by atoms with van der Waals surface area (Å²) in [6.45, 7) is 7.19. The summed E-state index contributed by atoms with van der Waals surface area (Å²) in [5.41, 5.74) is -1.26. The predicted molar refractivity (Wildman–Crippen MR) is 128 cm³/mol. The molecule has 0 heterocycles. The van der Waals surface area contributed by atoms with E-state index in [2.05, 4.69) is 9.49 Å². The Hall–Kier alpha value is -2.76. The Balaban J connectivity index is 1.63. The maximum Gasteiger partial charge on any atom is 0.404 e. The summed E-state index contributed by atoms with van der Waals surface area (Å²) in [5, 5.41) is 0. The van der Waals surface area contributed by atoms with Crippen LogP contribution in [0.4, 0.5) is 11.4 Å². The molecule has 3 rings (SSSR count). The molecule has 0 spiro atoms. The van der Waals surface area contributed by atoms with Gasteiger partial charge in [0, 0.05) is 0 Å². The molecule has 0 bridgehead atoms. The van der Waals surface area contributed by atoms with Crippen molar-refractivity contribution < 1.29 is 28.4 Å². The van der Waals surface area contributed by atoms with Gasteiger partial charge in [0.15, 0.2) is 0 Å². The van der Waals surface area contributed by atoms with Crippen molar-refractivity contribution in [3.63, 3.8) is 0 Å². The molecule has 2 aliphatic rings. The third kappa shape index (κ3) is 5.83. The van der Waals surface area contributed by atoms with E-state index in [4.69, 9.17) is 9.05 Å². The Labute approximate surface area is 201 Å². The number of carbonyl (C=O) groups is 2. The van der Waals surface area contributed by atoms with Crippen molar-refractivity contribution in [1.82, 2.24) is 0 Å². The molecule has 6 unspecified atom stereocenters. The molecule has 0 amide bonds. The van der Waals surface area contributed by atoms with E-state index in [-0.39, 0.29) is 23.2 Å². The molecule has 1 aromatic carbocycles. The van der Waals surface area contributed by atoms with Gasteiger partial charge in [-0.05, 0) is 59.4 Å². The van der Waals surface area contributed by atoms with Crippen molar-refractivity contribution in [2.24, 2.45) is 32.2 Å². The summed E-state index contributed by atoms with van der Waals surface area (Å²) >= 11 is 0. The highest BCUT2D eigenvalue weighted by molar-refractivity contribution is 7.34. The van der Waals surface area contributed by atoms with Crippen LogP contribution in [0, 0.1) is 22.7 Å². The van der Waals surface area contributed by atoms with Gasteiger partial charge in [-0.15, -0.1) is 0 Å². The minimum Gasteiger partial charge on any atom is -0.575 e. The zero-order valence-corrected chi connectivity index (χ0v) is 21.1. The highest BCUT2D eigenvalue weighted by Gasteiger charge is 2.41. The molecule has 1 aromatic rings. The molecule has 0 radical (unpaired) electrons. The van der Waals surface area contributed by atoms with Crippen molar-refractivity contribution in [1.29, 1.82) is 0 Å². The Morgan fingerprint density at radius 3 is 1.44 bits per heavy atom. The normalized spacial score (nSPS) is 28.6. The Morgan fingerprint density at radius 2 is 1.12 bits per heavy atom. The Kier molecular flexibility index (Phi) is 8.11. The Bertz CT molecular complexity index is 1050. The lowest BCUT2D eigenvalue weighted by Crippen LogP contribution is -2.33. The predicted octanol–water partition coefficient (Wildman–Crippen LogP) is 5.28. The van der Waals surface area contributed by atoms with E-state index in [0.717, 1.165) is 0 Å². The molecule has 0 aromatic heterocycles. The van der Waals surface area contributed by atoms with Crippen LogP contribution < -0.4 is 9.79 Å². The van der Waals surface area contributed by atoms with Crippen molar-refractivity contribution >= 4 is 39.6 Å². The summed E-state index contributed by atoms with van der Waals surface area (Å²) in [4.78, 5) is 49.5. The minimum atomic E-state index is -2.63. The smallest absolute Gasteiger partial charge is 0.404 e. The first kappa shape index (κ1) is 25.9. The third-order valence-corrected chi connectivity index (χ3v) is 7.68. The van der Waals surface area contributed by atoms with Gasteiger partial charge in [-0.1, -0.05) is 62.5 Å². The van der Waals surface area contributed by atoms with Gasteiger partial charge in [0.2, 0.25) is 0 Å². The fourth-order valence-electron chi connectivity index (χ4n) is 3.34. The molecule has 10 heteroatoms. The Morgan fingerprint density at radius 1 is 0.765 bits per heavy atom. The van der Waals surface area contributed by atoms with E-state index < -0.39 is 39.1 Å². The molecule has 0 N–H and O–H groups in total. The van der Waals surface area contributed by atoms with Crippen LogP contribution in [-0.4, -0.2) is 11.9 Å². The number of nitrogens with zero attached hydrogens (tertiary/aromatic N) is 2. The molecule has 2 aliphatic carbocycles. The van der Waals surface area contributed by atoms with E-state index in [1.165, 1.54) is 24.3 Å². The van der Waals surface area contributed by atoms with Gasteiger partial charge >= 0.3 is 28.3 Å². The van der Waals surface area contributed by atoms with Gasteiger partial charge in [0.25, 0.3) is 0 Å². The standard InChI is InChI=1S/C24H26N2O6P2/c1-17-9-5-7-15-23(17,3)21(27)31-33(29)25-19-11-13-20(14-12-19)26-34(30)32-22(28)24(4)16-8-6-10-18(24)2/h5-18H,1-4H3. The van der Waals surface area contributed by atoms with E-state index in [9.17, 15) is 19.4 Å². The number of rotatable bonds is 6. The van der Waals surface area contributed by atoms with Gasteiger partial charge in [0.1, 0.15) is 11.4 Å². The van der Waals surface area contributed by atoms with Gasteiger partial charge in [-0.25, -0.2) is 18.6 Å². The molecule has 0 aliphatic heterocycles. The maximum absolute atomic E-state index is 12.5. The topological polar surface area (TPSA) is 123 Å². The van der Waals surface area contributed by atoms with E-state index in [0.29, 0.717) is 0 Å². The second kappa shape index (κ2) is 10.7. The lowest BCUT2D eigenvalue weighted by Gasteiger charge is -2.28. The molecule has 0 saturated heterocycles. The summed E-state index contributed by atoms with van der Waals surface area (Å²) in [6, 6.07) is 5.93. The molecule has 178 valence electrons. The van der Waals surface area contributed by atoms with Crippen LogP contribution >= 0.6 is 16.3 Å². The molecule has 0 saturated carbocycles. The second-order valence-corrected chi connectivity index (χ2v) is 10.3. The molecular weight excluding hydrogens is 474 g/mol. The van der Waals surface area contributed by atoms with E-state index in [1.54, 1.807) is 38.2 Å². The molecular formula is C24H26N2O6P2. The fourth-order valence-corrected chi connectivity index (χ4v) is 4.74. The van der Waals surface area contributed by atoms with Crippen LogP contribution in [0.25, 0.3) is 0 Å². The van der Waals surface area contributed by atoms with Crippen LogP contribution in [-0.2, 0) is 18.6 Å². The third-order valence-electron chi connectivity index (χ3n) is 6.24. The van der Waals surface area contributed by atoms with Crippen LogP contribution in [0.3, 0.4) is 0 Å². The van der Waals surface area contributed by atoms with Gasteiger partial charge in [0.05, 0.1) is 10.8 Å². The molecule has 8 nitrogen and oxygen atoms in total. The van der Waals surface area contributed by atoms with Crippen LogP contribution in [0.5, 0.6) is 0 Å². The summed E-state index contributed by atoms with van der Waals surface area (Å²) in [7, 11) is -5.26. The summed E-state index contributed by atoms with van der Waals surface area (Å²) in [5.74, 6) is -1.46. The number of hydrogen-bond acceptors (Lipinski definition) is 8. The zero-order valence-electron chi connectivity index (χ0n) is 19.3. The van der Waals surface area contributed by atoms with Crippen LogP contribution in [0.15, 0.2) is 82.4 Å². The molecule has 34 heavy (non-hydrogen) atoms. The zero-order chi connectivity index (χ0) is 24.9.